The minimum atomic E-state index is -0.429. The predicted molar refractivity (Wildman–Crippen MR) is 75.4 cm³/mol. The summed E-state index contributed by atoms with van der Waals surface area (Å²) >= 11 is 9.07. The maximum Gasteiger partial charge on any atom is 0.239 e. The molecule has 1 rings (SSSR count). The van der Waals surface area contributed by atoms with Crippen molar-refractivity contribution in [3.05, 3.63) is 27.4 Å². The smallest absolute Gasteiger partial charge is 0.239 e. The van der Waals surface area contributed by atoms with E-state index in [0.29, 0.717) is 22.6 Å². The number of halogens is 3. The van der Waals surface area contributed by atoms with Crippen molar-refractivity contribution < 1.29 is 9.18 Å². The van der Waals surface area contributed by atoms with E-state index in [1.165, 1.54) is 12.1 Å². The molecule has 0 atom stereocenters. The minimum Gasteiger partial charge on any atom is -0.374 e. The van der Waals surface area contributed by atoms with E-state index in [1.54, 1.807) is 0 Å². The molecule has 0 aliphatic heterocycles. The van der Waals surface area contributed by atoms with E-state index in [-0.39, 0.29) is 17.5 Å². The zero-order valence-electron chi connectivity index (χ0n) is 10.2. The summed E-state index contributed by atoms with van der Waals surface area (Å²) in [4.78, 5) is 11.5. The summed E-state index contributed by atoms with van der Waals surface area (Å²) in [5.74, 6) is -0.159. The number of benzene rings is 1. The molecule has 3 nitrogen and oxygen atoms in total. The zero-order chi connectivity index (χ0) is 13.7. The summed E-state index contributed by atoms with van der Waals surface area (Å²) in [7, 11) is 0. The average Bonchev–Trinajstić information content (AvgIpc) is 2.24. The van der Waals surface area contributed by atoms with E-state index in [4.69, 9.17) is 11.6 Å². The molecule has 0 spiro atoms. The summed E-state index contributed by atoms with van der Waals surface area (Å²) in [6, 6.07) is 2.49. The highest BCUT2D eigenvalue weighted by atomic mass is 79.9. The van der Waals surface area contributed by atoms with E-state index < -0.39 is 5.82 Å². The average molecular weight is 338 g/mol. The molecule has 100 valence electrons. The van der Waals surface area contributed by atoms with Gasteiger partial charge in [-0.25, -0.2) is 4.39 Å². The van der Waals surface area contributed by atoms with Crippen LogP contribution in [0.4, 0.5) is 10.1 Å². The Morgan fingerprint density at radius 2 is 2.17 bits per heavy atom. The Morgan fingerprint density at radius 1 is 1.50 bits per heavy atom. The normalized spacial score (nSPS) is 10.6. The second kappa shape index (κ2) is 6.95. The van der Waals surface area contributed by atoms with Crippen LogP contribution in [0.1, 0.15) is 13.8 Å². The summed E-state index contributed by atoms with van der Waals surface area (Å²) < 4.78 is 13.5. The molecule has 0 radical (unpaired) electrons. The molecule has 0 bridgehead atoms. The Kier molecular flexibility index (Phi) is 5.88. The minimum absolute atomic E-state index is 0.0939. The Labute approximate surface area is 119 Å². The molecule has 18 heavy (non-hydrogen) atoms. The van der Waals surface area contributed by atoms with Gasteiger partial charge in [0.25, 0.3) is 0 Å². The maximum absolute atomic E-state index is 13.0. The van der Waals surface area contributed by atoms with Crippen molar-refractivity contribution in [1.29, 1.82) is 0 Å². The molecule has 1 aromatic rings. The van der Waals surface area contributed by atoms with Crippen LogP contribution in [0.2, 0.25) is 5.02 Å². The Morgan fingerprint density at radius 3 is 2.72 bits per heavy atom. The third-order valence-corrected chi connectivity index (χ3v) is 3.06. The quantitative estimate of drug-likeness (QED) is 0.864. The van der Waals surface area contributed by atoms with Gasteiger partial charge in [0.2, 0.25) is 5.91 Å². The zero-order valence-corrected chi connectivity index (χ0v) is 12.5. The van der Waals surface area contributed by atoms with Gasteiger partial charge in [0.15, 0.2) is 0 Å². The van der Waals surface area contributed by atoms with Crippen molar-refractivity contribution in [2.24, 2.45) is 5.92 Å². The summed E-state index contributed by atoms with van der Waals surface area (Å²) in [5.41, 5.74) is 0.512. The van der Waals surface area contributed by atoms with Gasteiger partial charge in [0.05, 0.1) is 17.3 Å². The van der Waals surface area contributed by atoms with Gasteiger partial charge >= 0.3 is 0 Å². The lowest BCUT2D eigenvalue weighted by Gasteiger charge is -2.12. The molecule has 1 amide bonds. The highest BCUT2D eigenvalue weighted by Gasteiger charge is 2.09. The van der Waals surface area contributed by atoms with Crippen LogP contribution in [0.5, 0.6) is 0 Å². The number of rotatable bonds is 5. The third kappa shape index (κ3) is 4.82. The Bertz CT molecular complexity index is 417. The van der Waals surface area contributed by atoms with Crippen LogP contribution < -0.4 is 10.6 Å². The predicted octanol–water partition coefficient (Wildman–Crippen LogP) is 3.43. The fraction of sp³-hybridized carbons (Fsp3) is 0.417. The first kappa shape index (κ1) is 15.2. The van der Waals surface area contributed by atoms with Crippen molar-refractivity contribution in [2.45, 2.75) is 13.8 Å². The third-order valence-electron chi connectivity index (χ3n) is 2.14. The topological polar surface area (TPSA) is 41.1 Å². The monoisotopic (exact) mass is 336 g/mol. The van der Waals surface area contributed by atoms with Gasteiger partial charge in [-0.2, -0.15) is 0 Å². The van der Waals surface area contributed by atoms with Gasteiger partial charge < -0.3 is 10.6 Å². The maximum atomic E-state index is 13.0. The first-order valence-corrected chi connectivity index (χ1v) is 6.72. The molecule has 2 N–H and O–H groups in total. The van der Waals surface area contributed by atoms with Crippen LogP contribution in [-0.4, -0.2) is 19.0 Å². The van der Waals surface area contributed by atoms with E-state index in [0.717, 1.165) is 0 Å². The molecule has 0 aliphatic rings. The molecule has 0 fully saturated rings. The van der Waals surface area contributed by atoms with Crippen molar-refractivity contribution in [3.63, 3.8) is 0 Å². The molecule has 0 aliphatic carbocycles. The number of hydrogen-bond acceptors (Lipinski definition) is 2. The van der Waals surface area contributed by atoms with Crippen LogP contribution >= 0.6 is 27.5 Å². The Hall–Kier alpha value is -0.810. The molecule has 1 aromatic carbocycles. The standard InChI is InChI=1S/C12H15BrClFN2O/c1-7(2)5-16-11(18)6-17-12-9(13)3-8(15)4-10(12)14/h3-4,7,17H,5-6H2,1-2H3,(H,16,18). The molecular formula is C12H15BrClFN2O. The second-order valence-electron chi connectivity index (χ2n) is 4.30. The number of anilines is 1. The van der Waals surface area contributed by atoms with Gasteiger partial charge in [-0.05, 0) is 34.0 Å². The van der Waals surface area contributed by atoms with E-state index in [1.807, 2.05) is 13.8 Å². The first-order chi connectivity index (χ1) is 8.40. The summed E-state index contributed by atoms with van der Waals surface area (Å²) in [6.07, 6.45) is 0. The van der Waals surface area contributed by atoms with Crippen molar-refractivity contribution in [1.82, 2.24) is 5.32 Å². The second-order valence-corrected chi connectivity index (χ2v) is 5.56. The molecule has 0 aromatic heterocycles. The number of carbonyl (C=O) groups is 1. The fourth-order valence-corrected chi connectivity index (χ4v) is 2.22. The van der Waals surface area contributed by atoms with Crippen LogP contribution in [0.15, 0.2) is 16.6 Å². The fourth-order valence-electron chi connectivity index (χ4n) is 1.26. The Balaban J connectivity index is 2.56. The lowest BCUT2D eigenvalue weighted by atomic mass is 10.2. The lowest BCUT2D eigenvalue weighted by Crippen LogP contribution is -2.32. The van der Waals surface area contributed by atoms with Gasteiger partial charge in [0, 0.05) is 11.0 Å². The van der Waals surface area contributed by atoms with Crippen LogP contribution in [-0.2, 0) is 4.79 Å². The van der Waals surface area contributed by atoms with Gasteiger partial charge in [-0.15, -0.1) is 0 Å². The van der Waals surface area contributed by atoms with Crippen molar-refractivity contribution >= 4 is 39.1 Å². The van der Waals surface area contributed by atoms with E-state index in [9.17, 15) is 9.18 Å². The van der Waals surface area contributed by atoms with E-state index in [2.05, 4.69) is 26.6 Å². The van der Waals surface area contributed by atoms with Crippen LogP contribution in [0.25, 0.3) is 0 Å². The van der Waals surface area contributed by atoms with Gasteiger partial charge in [-0.1, -0.05) is 25.4 Å². The number of hydrogen-bond donors (Lipinski definition) is 2. The molecular weight excluding hydrogens is 322 g/mol. The van der Waals surface area contributed by atoms with Crippen molar-refractivity contribution in [2.75, 3.05) is 18.4 Å². The SMILES string of the molecule is CC(C)CNC(=O)CNc1c(Cl)cc(F)cc1Br. The highest BCUT2D eigenvalue weighted by molar-refractivity contribution is 9.10. The van der Waals surface area contributed by atoms with Crippen molar-refractivity contribution in [3.8, 4) is 0 Å². The first-order valence-electron chi connectivity index (χ1n) is 5.55. The molecule has 0 saturated heterocycles. The molecule has 0 heterocycles. The van der Waals surface area contributed by atoms with Gasteiger partial charge in [0.1, 0.15) is 5.82 Å². The number of amides is 1. The molecule has 0 saturated carbocycles. The largest absolute Gasteiger partial charge is 0.374 e. The summed E-state index contributed by atoms with van der Waals surface area (Å²) in [6.45, 7) is 4.75. The van der Waals surface area contributed by atoms with Crippen LogP contribution in [0, 0.1) is 11.7 Å². The molecule has 0 unspecified atom stereocenters. The highest BCUT2D eigenvalue weighted by Crippen LogP contribution is 2.31. The van der Waals surface area contributed by atoms with E-state index >= 15 is 0 Å². The van der Waals surface area contributed by atoms with Crippen LogP contribution in [0.3, 0.4) is 0 Å². The number of carbonyl (C=O) groups excluding carboxylic acids is 1. The lowest BCUT2D eigenvalue weighted by molar-refractivity contribution is -0.119. The summed E-state index contributed by atoms with van der Waals surface area (Å²) in [5, 5.41) is 5.88. The van der Waals surface area contributed by atoms with Gasteiger partial charge in [-0.3, -0.25) is 4.79 Å². The number of nitrogens with one attached hydrogen (secondary N) is 2. The molecule has 6 heteroatoms.